The molecule has 0 aromatic heterocycles. The molecule has 1 unspecified atom stereocenters. The number of hydrogen-bond acceptors (Lipinski definition) is 4. The van der Waals surface area contributed by atoms with Gasteiger partial charge in [0.05, 0.1) is 9.30 Å². The molecule has 0 radical (unpaired) electrons. The summed E-state index contributed by atoms with van der Waals surface area (Å²) in [5, 5.41) is 11.8. The molecule has 0 aliphatic heterocycles. The van der Waals surface area contributed by atoms with E-state index in [9.17, 15) is 5.11 Å². The second kappa shape index (κ2) is 9.13. The summed E-state index contributed by atoms with van der Waals surface area (Å²) in [6.07, 6.45) is -10.3. The molecule has 0 amide bonds. The van der Waals surface area contributed by atoms with Crippen molar-refractivity contribution in [1.82, 2.24) is 5.32 Å². The van der Waals surface area contributed by atoms with Gasteiger partial charge in [-0.1, -0.05) is 25.8 Å². The van der Waals surface area contributed by atoms with Crippen LogP contribution < -0.4 is 10.1 Å². The third-order valence-electron chi connectivity index (χ3n) is 2.41. The molecule has 0 heterocycles. The minimum absolute atomic E-state index is 0.0934. The normalized spacial score (nSPS) is 37.7. The van der Waals surface area contributed by atoms with Gasteiger partial charge >= 0.3 is 0 Å². The average Bonchev–Trinajstić information content (AvgIpc) is 3.10. The first-order valence-electron chi connectivity index (χ1n) is 15.4. The van der Waals surface area contributed by atoms with E-state index in [1.54, 1.807) is 5.32 Å². The second-order valence-corrected chi connectivity index (χ2v) is 4.24. The summed E-state index contributed by atoms with van der Waals surface area (Å²) in [5.41, 5.74) is -0.308. The Bertz CT molecular complexity index is 1020. The van der Waals surface area contributed by atoms with E-state index < -0.39 is 77.1 Å². The predicted molar refractivity (Wildman–Crippen MR) is 88.3 cm³/mol. The van der Waals surface area contributed by atoms with Gasteiger partial charge in [0.2, 0.25) is 0 Å². The zero-order chi connectivity index (χ0) is 31.6. The van der Waals surface area contributed by atoms with Crippen LogP contribution in [0.2, 0.25) is 0 Å². The lowest BCUT2D eigenvalue weighted by molar-refractivity contribution is 0.104. The highest BCUT2D eigenvalue weighted by molar-refractivity contribution is 5.27. The van der Waals surface area contributed by atoms with Crippen molar-refractivity contribution in [3.05, 3.63) is 29.8 Å². The number of aliphatic hydroxyl groups is 1. The molecule has 0 saturated heterocycles. The smallest absolute Gasteiger partial charge is 0.119 e. The van der Waals surface area contributed by atoms with Crippen LogP contribution in [0.25, 0.3) is 0 Å². The average molecular weight is 326 g/mol. The summed E-state index contributed by atoms with van der Waals surface area (Å²) >= 11 is 0. The highest BCUT2D eigenvalue weighted by atomic mass is 16.5. The fourth-order valence-corrected chi connectivity index (χ4v) is 1.33. The van der Waals surface area contributed by atoms with Crippen LogP contribution >= 0.6 is 0 Å². The van der Waals surface area contributed by atoms with Crippen LogP contribution in [0.15, 0.2) is 24.3 Å². The Morgan fingerprint density at radius 1 is 1.50 bits per heavy atom. The van der Waals surface area contributed by atoms with Crippen molar-refractivity contribution in [2.45, 2.75) is 44.9 Å². The largest absolute Gasteiger partial charge is 0.491 e. The van der Waals surface area contributed by atoms with Gasteiger partial charge < -0.3 is 19.9 Å². The molecule has 1 aromatic rings. The van der Waals surface area contributed by atoms with Gasteiger partial charge in [-0.25, -0.2) is 0 Å². The molecule has 4 nitrogen and oxygen atoms in total. The molecule has 0 spiro atoms. The first kappa shape index (κ1) is 5.20. The third kappa shape index (κ3) is 7.25. The maximum Gasteiger partial charge on any atom is 0.119 e. The van der Waals surface area contributed by atoms with Gasteiger partial charge in [0, 0.05) is 41.1 Å². The number of ether oxygens (including phenoxy) is 2. The van der Waals surface area contributed by atoms with Gasteiger partial charge in [0.25, 0.3) is 0 Å². The quantitative estimate of drug-likeness (QED) is 0.656. The molecule has 1 fully saturated rings. The summed E-state index contributed by atoms with van der Waals surface area (Å²) in [6, 6.07) is 0.870. The lowest BCUT2D eigenvalue weighted by Crippen LogP contribution is -2.35. The van der Waals surface area contributed by atoms with E-state index >= 15 is 0 Å². The summed E-state index contributed by atoms with van der Waals surface area (Å²) < 4.78 is 148. The summed E-state index contributed by atoms with van der Waals surface area (Å²) in [7, 11) is 0. The number of aliphatic hydroxyl groups excluding tert-OH is 1. The van der Waals surface area contributed by atoms with E-state index in [0.29, 0.717) is 0 Å². The van der Waals surface area contributed by atoms with Crippen LogP contribution in [0, 0.1) is 5.89 Å². The predicted octanol–water partition coefficient (Wildman–Crippen LogP) is 2.39. The molecule has 1 aliphatic rings. The molecule has 0 bridgehead atoms. The highest BCUT2D eigenvalue weighted by Gasteiger charge is 2.20. The van der Waals surface area contributed by atoms with Crippen LogP contribution in [0.1, 0.15) is 56.7 Å². The van der Waals surface area contributed by atoms with Crippen molar-refractivity contribution in [2.75, 3.05) is 26.3 Å². The Hall–Kier alpha value is -1.10. The summed E-state index contributed by atoms with van der Waals surface area (Å²) in [4.78, 5) is 0. The summed E-state index contributed by atoms with van der Waals surface area (Å²) in [5.74, 6) is -2.53. The maximum atomic E-state index is 10.2. The standard InChI is InChI=1S/C18H29NO3/c1-14(2)19-11-17(20)13-22-18-7-5-15(6-8-18)9-10-21-12-16-3-4-16/h5-8,14,16-17,19-20H,3-4,9-13H2,1-2H3/i1D3,2D3,3D2,4D2,9D2,10D2,11D2,14D,16D. The highest BCUT2D eigenvalue weighted by Crippen LogP contribution is 2.28. The van der Waals surface area contributed by atoms with Crippen molar-refractivity contribution in [1.29, 1.82) is 0 Å². The fourth-order valence-electron chi connectivity index (χ4n) is 1.33. The van der Waals surface area contributed by atoms with Crippen LogP contribution in [-0.2, 0) is 11.1 Å². The molecule has 22 heavy (non-hydrogen) atoms. The van der Waals surface area contributed by atoms with Gasteiger partial charge in [0.15, 0.2) is 0 Å². The molecule has 1 saturated carbocycles. The topological polar surface area (TPSA) is 50.7 Å². The van der Waals surface area contributed by atoms with Crippen molar-refractivity contribution in [3.8, 4) is 5.75 Å². The molecule has 1 aromatic carbocycles. The zero-order valence-electron chi connectivity index (χ0n) is 29.6. The Morgan fingerprint density at radius 3 is 2.95 bits per heavy atom. The van der Waals surface area contributed by atoms with Crippen molar-refractivity contribution in [3.63, 3.8) is 0 Å². The molecule has 1 aliphatic carbocycles. The van der Waals surface area contributed by atoms with E-state index in [4.69, 9.17) is 34.1 Å². The third-order valence-corrected chi connectivity index (χ3v) is 2.41. The molecule has 2 N–H and O–H groups in total. The van der Waals surface area contributed by atoms with Crippen molar-refractivity contribution in [2.24, 2.45) is 5.89 Å². The van der Waals surface area contributed by atoms with E-state index in [1.807, 2.05) is 0 Å². The first-order valence-corrected chi connectivity index (χ1v) is 6.37. The lowest BCUT2D eigenvalue weighted by atomic mass is 10.1. The number of nitrogens with one attached hydrogen (secondary N) is 1. The first-order chi connectivity index (χ1) is 17.5. The lowest BCUT2D eigenvalue weighted by Gasteiger charge is -2.15. The SMILES string of the molecule is [2H]C([2H])(NC([2H])(C([2H])([2H])[2H])C([2H])([2H])[2H])C(O)COc1ccc(C([2H])([2H])C([2H])([2H])OCC2([2H])C([2H])([2H])C2([2H])[2H])cc1. The summed E-state index contributed by atoms with van der Waals surface area (Å²) in [6.45, 7) is -15.2. The van der Waals surface area contributed by atoms with Crippen LogP contribution in [-0.4, -0.2) is 43.5 Å². The monoisotopic (exact) mass is 325 g/mol. The van der Waals surface area contributed by atoms with E-state index in [-0.39, 0.29) is 11.3 Å². The van der Waals surface area contributed by atoms with E-state index in [2.05, 4.69) is 0 Å². The van der Waals surface area contributed by atoms with Crippen molar-refractivity contribution < 1.29 is 39.3 Å². The van der Waals surface area contributed by atoms with Crippen LogP contribution in [0.3, 0.4) is 0 Å². The van der Waals surface area contributed by atoms with Gasteiger partial charge in [-0.05, 0) is 42.7 Å². The molecule has 2 rings (SSSR count). The molecular formula is C18H29NO3. The Morgan fingerprint density at radius 2 is 2.27 bits per heavy atom. The minimum atomic E-state index is -3.51. The molecule has 4 heteroatoms. The van der Waals surface area contributed by atoms with Gasteiger partial charge in [-0.3, -0.25) is 0 Å². The Balaban J connectivity index is 2.09. The number of hydrogen-bond donors (Lipinski definition) is 2. The van der Waals surface area contributed by atoms with Gasteiger partial charge in [-0.2, -0.15) is 0 Å². The van der Waals surface area contributed by atoms with E-state index in [1.165, 1.54) is 0 Å². The van der Waals surface area contributed by atoms with Gasteiger partial charge in [-0.15, -0.1) is 0 Å². The molecular weight excluding hydrogens is 278 g/mol. The Labute approximate surface area is 159 Å². The molecule has 1 atom stereocenters. The minimum Gasteiger partial charge on any atom is -0.491 e. The number of rotatable bonds is 11. The fraction of sp³-hybridized carbons (Fsp3) is 0.667. The zero-order valence-corrected chi connectivity index (χ0v) is 11.6. The van der Waals surface area contributed by atoms with Crippen molar-refractivity contribution >= 4 is 0 Å². The van der Waals surface area contributed by atoms with Crippen LogP contribution in [0.4, 0.5) is 0 Å². The van der Waals surface area contributed by atoms with E-state index in [0.717, 1.165) is 24.3 Å². The van der Waals surface area contributed by atoms with Gasteiger partial charge in [0.1, 0.15) is 18.5 Å². The molecule has 124 valence electrons. The van der Waals surface area contributed by atoms with Crippen LogP contribution in [0.5, 0.6) is 5.75 Å². The maximum absolute atomic E-state index is 10.2. The second-order valence-electron chi connectivity index (χ2n) is 4.24. The Kier molecular flexibility index (Phi) is 2.16. The number of aryl methyl sites for hydroxylation is 1. The number of benzene rings is 1.